The van der Waals surface area contributed by atoms with E-state index in [1.807, 2.05) is 62.4 Å². The molecule has 5 rings (SSSR count). The molecule has 0 aromatic heterocycles. The molecule has 2 N–H and O–H groups in total. The number of hydrogen-bond donors (Lipinski definition) is 2. The molecule has 0 fully saturated rings. The molecule has 174 valence electrons. The first-order chi connectivity index (χ1) is 16.2. The summed E-state index contributed by atoms with van der Waals surface area (Å²) >= 11 is 18.5. The first-order valence-corrected chi connectivity index (χ1v) is 11.9. The first-order valence-electron chi connectivity index (χ1n) is 10.8. The number of halogens is 3. The molecule has 0 bridgehead atoms. The van der Waals surface area contributed by atoms with Gasteiger partial charge in [-0.25, -0.2) is 9.80 Å². The number of nitrogens with zero attached hydrogens (tertiary/aromatic N) is 1. The lowest BCUT2D eigenvalue weighted by Crippen LogP contribution is -2.40. The second-order valence-electron chi connectivity index (χ2n) is 8.98. The van der Waals surface area contributed by atoms with Crippen molar-refractivity contribution in [1.29, 1.82) is 0 Å². The highest BCUT2D eigenvalue weighted by Gasteiger charge is 2.31. The Kier molecular flexibility index (Phi) is 5.88. The molecule has 8 heteroatoms. The van der Waals surface area contributed by atoms with Gasteiger partial charge in [-0.2, -0.15) is 0 Å². The van der Waals surface area contributed by atoms with Crippen LogP contribution >= 0.6 is 34.8 Å². The van der Waals surface area contributed by atoms with Crippen molar-refractivity contribution in [2.75, 3.05) is 11.9 Å². The minimum absolute atomic E-state index is 0.242. The number of hydrazine groups is 1. The van der Waals surface area contributed by atoms with Gasteiger partial charge in [-0.3, -0.25) is 5.43 Å². The summed E-state index contributed by atoms with van der Waals surface area (Å²) in [6.45, 7) is 4.44. The molecule has 0 saturated heterocycles. The second kappa shape index (κ2) is 8.73. The van der Waals surface area contributed by atoms with Gasteiger partial charge in [-0.1, -0.05) is 53.0 Å². The highest BCUT2D eigenvalue weighted by molar-refractivity contribution is 6.42. The van der Waals surface area contributed by atoms with Crippen molar-refractivity contribution in [3.63, 3.8) is 0 Å². The molecule has 2 heterocycles. The van der Waals surface area contributed by atoms with E-state index in [1.165, 1.54) is 5.01 Å². The van der Waals surface area contributed by atoms with Crippen molar-refractivity contribution in [3.05, 3.63) is 92.4 Å². The van der Waals surface area contributed by atoms with Crippen molar-refractivity contribution in [1.82, 2.24) is 10.4 Å². The van der Waals surface area contributed by atoms with Gasteiger partial charge in [-0.15, -0.1) is 0 Å². The number of ether oxygens (including phenoxy) is 1. The maximum absolute atomic E-state index is 13.2. The van der Waals surface area contributed by atoms with Crippen LogP contribution in [-0.4, -0.2) is 23.2 Å². The van der Waals surface area contributed by atoms with E-state index in [9.17, 15) is 4.79 Å². The molecule has 3 aromatic carbocycles. The standard InChI is InChI=1S/C26H22Cl3N3O2/c1-26(2)13-17-11-19(8-10-23(17)34-26)30-25(33)32-14-20(16-5-9-21(28)22(29)12-16)24(31-32)15-3-6-18(27)7-4-15/h3-12,31H,13-14H2,1-2H3,(H,30,33). The Morgan fingerprint density at radius 2 is 1.71 bits per heavy atom. The maximum atomic E-state index is 13.2. The number of hydrogen-bond acceptors (Lipinski definition) is 3. The van der Waals surface area contributed by atoms with E-state index >= 15 is 0 Å². The summed E-state index contributed by atoms with van der Waals surface area (Å²) in [5.74, 6) is 0.857. The predicted octanol–water partition coefficient (Wildman–Crippen LogP) is 7.28. The first kappa shape index (κ1) is 22.9. The number of carbonyl (C=O) groups is 1. The lowest BCUT2D eigenvalue weighted by atomic mass is 10.0. The minimum Gasteiger partial charge on any atom is -0.487 e. The number of fused-ring (bicyclic) bond motifs is 1. The van der Waals surface area contributed by atoms with E-state index in [-0.39, 0.29) is 11.6 Å². The molecule has 0 aliphatic carbocycles. The van der Waals surface area contributed by atoms with Crippen molar-refractivity contribution < 1.29 is 9.53 Å². The topological polar surface area (TPSA) is 53.6 Å². The molecular weight excluding hydrogens is 493 g/mol. The Morgan fingerprint density at radius 1 is 0.971 bits per heavy atom. The van der Waals surface area contributed by atoms with Gasteiger partial charge in [0.25, 0.3) is 0 Å². The number of carbonyl (C=O) groups excluding carboxylic acids is 1. The number of anilines is 1. The predicted molar refractivity (Wildman–Crippen MR) is 138 cm³/mol. The average molecular weight is 515 g/mol. The molecule has 0 atom stereocenters. The molecule has 0 spiro atoms. The number of benzene rings is 3. The fourth-order valence-electron chi connectivity index (χ4n) is 4.25. The van der Waals surface area contributed by atoms with Gasteiger partial charge in [0, 0.05) is 28.3 Å². The Balaban J connectivity index is 1.41. The van der Waals surface area contributed by atoms with Gasteiger partial charge >= 0.3 is 6.03 Å². The third kappa shape index (κ3) is 4.56. The van der Waals surface area contributed by atoms with Crippen LogP contribution in [0.1, 0.15) is 30.5 Å². The van der Waals surface area contributed by atoms with Crippen LogP contribution < -0.4 is 15.5 Å². The van der Waals surface area contributed by atoms with E-state index in [0.29, 0.717) is 27.3 Å². The van der Waals surface area contributed by atoms with Crippen molar-refractivity contribution in [2.24, 2.45) is 0 Å². The number of amides is 2. The Bertz CT molecular complexity index is 1320. The van der Waals surface area contributed by atoms with Crippen LogP contribution in [0.5, 0.6) is 5.75 Å². The van der Waals surface area contributed by atoms with Gasteiger partial charge < -0.3 is 10.1 Å². The fraction of sp³-hybridized carbons (Fsp3) is 0.192. The van der Waals surface area contributed by atoms with Crippen LogP contribution in [0, 0.1) is 0 Å². The summed E-state index contributed by atoms with van der Waals surface area (Å²) in [5.41, 5.74) is 8.29. The minimum atomic E-state index is -0.278. The van der Waals surface area contributed by atoms with Gasteiger partial charge in [0.2, 0.25) is 0 Å². The zero-order valence-electron chi connectivity index (χ0n) is 18.6. The number of urea groups is 1. The molecule has 0 saturated carbocycles. The summed E-state index contributed by atoms with van der Waals surface area (Å²) in [5, 5.41) is 6.09. The molecule has 0 radical (unpaired) electrons. The SMILES string of the molecule is CC1(C)Cc2cc(NC(=O)N3CC(c4ccc(Cl)c(Cl)c4)=C(c4ccc(Cl)cc4)N3)ccc2O1. The third-order valence-corrected chi connectivity index (χ3v) is 6.82. The molecule has 2 aliphatic heterocycles. The van der Waals surface area contributed by atoms with Crippen molar-refractivity contribution in [3.8, 4) is 5.75 Å². The normalized spacial score (nSPS) is 16.2. The van der Waals surface area contributed by atoms with Crippen molar-refractivity contribution >= 4 is 57.8 Å². The molecule has 3 aromatic rings. The van der Waals surface area contributed by atoms with E-state index in [2.05, 4.69) is 10.7 Å². The molecule has 2 amide bonds. The zero-order valence-corrected chi connectivity index (χ0v) is 20.9. The van der Waals surface area contributed by atoms with Crippen LogP contribution in [-0.2, 0) is 6.42 Å². The lowest BCUT2D eigenvalue weighted by Gasteiger charge is -2.19. The fourth-order valence-corrected chi connectivity index (χ4v) is 4.68. The molecule has 2 aliphatic rings. The molecular formula is C26H22Cl3N3O2. The van der Waals surface area contributed by atoms with Crippen LogP contribution in [0.2, 0.25) is 15.1 Å². The largest absolute Gasteiger partial charge is 0.487 e. The van der Waals surface area contributed by atoms with Crippen LogP contribution in [0.25, 0.3) is 11.3 Å². The zero-order chi connectivity index (χ0) is 24.0. The Labute approximate surface area is 213 Å². The molecule has 0 unspecified atom stereocenters. The monoisotopic (exact) mass is 513 g/mol. The number of nitrogens with one attached hydrogen (secondary N) is 2. The van der Waals surface area contributed by atoms with Gasteiger partial charge in [0.05, 0.1) is 22.3 Å². The lowest BCUT2D eigenvalue weighted by molar-refractivity contribution is 0.138. The average Bonchev–Trinajstić information content (AvgIpc) is 3.36. The highest BCUT2D eigenvalue weighted by atomic mass is 35.5. The quantitative estimate of drug-likeness (QED) is 0.386. The van der Waals surface area contributed by atoms with E-state index in [4.69, 9.17) is 39.5 Å². The van der Waals surface area contributed by atoms with Crippen LogP contribution in [0.15, 0.2) is 60.7 Å². The summed E-state index contributed by atoms with van der Waals surface area (Å²) in [6.07, 6.45) is 0.789. The summed E-state index contributed by atoms with van der Waals surface area (Å²) < 4.78 is 5.93. The van der Waals surface area contributed by atoms with Gasteiger partial charge in [0.15, 0.2) is 0 Å². The van der Waals surface area contributed by atoms with Gasteiger partial charge in [-0.05, 0) is 67.4 Å². The molecule has 34 heavy (non-hydrogen) atoms. The van der Waals surface area contributed by atoms with E-state index in [1.54, 1.807) is 12.1 Å². The Morgan fingerprint density at radius 3 is 2.44 bits per heavy atom. The van der Waals surface area contributed by atoms with Gasteiger partial charge in [0.1, 0.15) is 11.4 Å². The van der Waals surface area contributed by atoms with E-state index < -0.39 is 0 Å². The summed E-state index contributed by atoms with van der Waals surface area (Å²) in [7, 11) is 0. The third-order valence-electron chi connectivity index (χ3n) is 5.83. The Hall–Kier alpha value is -2.86. The van der Waals surface area contributed by atoms with Crippen molar-refractivity contribution in [2.45, 2.75) is 25.9 Å². The maximum Gasteiger partial charge on any atom is 0.340 e. The second-order valence-corrected chi connectivity index (χ2v) is 10.2. The highest BCUT2D eigenvalue weighted by Crippen LogP contribution is 2.37. The van der Waals surface area contributed by atoms with Crippen LogP contribution in [0.4, 0.5) is 10.5 Å². The van der Waals surface area contributed by atoms with E-state index in [0.717, 1.165) is 40.1 Å². The molecule has 5 nitrogen and oxygen atoms in total. The summed E-state index contributed by atoms with van der Waals surface area (Å²) in [6, 6.07) is 18.3. The summed E-state index contributed by atoms with van der Waals surface area (Å²) in [4.78, 5) is 13.2. The van der Waals surface area contributed by atoms with Crippen LogP contribution in [0.3, 0.4) is 0 Å². The number of rotatable bonds is 3. The smallest absolute Gasteiger partial charge is 0.340 e.